The number of ether oxygens (including phenoxy) is 1. The Labute approximate surface area is 194 Å². The van der Waals surface area contributed by atoms with Crippen molar-refractivity contribution in [2.24, 2.45) is 5.92 Å². The van der Waals surface area contributed by atoms with Crippen molar-refractivity contribution in [3.8, 4) is 11.4 Å². The van der Waals surface area contributed by atoms with E-state index < -0.39 is 12.0 Å². The third-order valence-corrected chi connectivity index (χ3v) is 4.72. The Kier molecular flexibility index (Phi) is 6.67. The predicted octanol–water partition coefficient (Wildman–Crippen LogP) is 2.93. The topological polar surface area (TPSA) is 147 Å². The molecule has 0 aliphatic rings. The number of halogens is 1. The number of nitrogen functional groups attached to an aromatic ring is 1. The van der Waals surface area contributed by atoms with Crippen LogP contribution in [-0.4, -0.2) is 41.1 Å². The number of hydrogen-bond donors (Lipinski definition) is 2. The van der Waals surface area contributed by atoms with E-state index in [9.17, 15) is 9.18 Å². The van der Waals surface area contributed by atoms with Gasteiger partial charge in [0.25, 0.3) is 0 Å². The molecule has 0 amide bonds. The lowest BCUT2D eigenvalue weighted by Gasteiger charge is -2.17. The van der Waals surface area contributed by atoms with E-state index in [4.69, 9.17) is 10.5 Å². The number of hydrogen-bond acceptors (Lipinski definition) is 10. The summed E-state index contributed by atoms with van der Waals surface area (Å²) in [7, 11) is 0. The van der Waals surface area contributed by atoms with E-state index in [0.29, 0.717) is 11.5 Å². The highest BCUT2D eigenvalue weighted by Crippen LogP contribution is 2.21. The first-order valence-corrected chi connectivity index (χ1v) is 10.4. The van der Waals surface area contributed by atoms with Crippen molar-refractivity contribution < 1.29 is 13.9 Å². The molecule has 0 fully saturated rings. The first-order valence-electron chi connectivity index (χ1n) is 10.4. The van der Waals surface area contributed by atoms with Gasteiger partial charge in [0.2, 0.25) is 17.7 Å². The van der Waals surface area contributed by atoms with Gasteiger partial charge in [-0.2, -0.15) is 15.0 Å². The number of tetrazole rings is 1. The van der Waals surface area contributed by atoms with Crippen LogP contribution in [0.4, 0.5) is 22.0 Å². The summed E-state index contributed by atoms with van der Waals surface area (Å²) in [5, 5.41) is 15.4. The Bertz CT molecular complexity index is 1260. The fourth-order valence-corrected chi connectivity index (χ4v) is 3.12. The van der Waals surface area contributed by atoms with Crippen LogP contribution in [0.3, 0.4) is 0 Å². The Morgan fingerprint density at radius 3 is 2.53 bits per heavy atom. The number of nitrogens with zero attached hydrogens (tertiary/aromatic N) is 7. The van der Waals surface area contributed by atoms with Gasteiger partial charge in [-0.25, -0.2) is 9.18 Å². The quantitative estimate of drug-likeness (QED) is 0.374. The first kappa shape index (κ1) is 22.7. The van der Waals surface area contributed by atoms with Crippen LogP contribution in [0.15, 0.2) is 54.6 Å². The highest BCUT2D eigenvalue weighted by atomic mass is 19.1. The first-order chi connectivity index (χ1) is 16.4. The fourth-order valence-electron chi connectivity index (χ4n) is 3.12. The monoisotopic (exact) mass is 463 g/mol. The zero-order chi connectivity index (χ0) is 24.1. The van der Waals surface area contributed by atoms with Crippen molar-refractivity contribution in [2.75, 3.05) is 11.1 Å². The highest BCUT2D eigenvalue weighted by Gasteiger charge is 2.29. The van der Waals surface area contributed by atoms with Gasteiger partial charge in [0.15, 0.2) is 18.5 Å². The van der Waals surface area contributed by atoms with Crippen LogP contribution in [0.5, 0.6) is 0 Å². The van der Waals surface area contributed by atoms with Gasteiger partial charge in [-0.1, -0.05) is 44.2 Å². The molecule has 0 spiro atoms. The summed E-state index contributed by atoms with van der Waals surface area (Å²) in [5.74, 6) is -0.493. The molecule has 2 aromatic heterocycles. The summed E-state index contributed by atoms with van der Waals surface area (Å²) in [4.78, 5) is 26.4. The maximum absolute atomic E-state index is 13.1. The molecule has 4 rings (SSSR count). The average molecular weight is 463 g/mol. The smallest absolute Gasteiger partial charge is 0.333 e. The van der Waals surface area contributed by atoms with Crippen molar-refractivity contribution in [3.05, 3.63) is 66.2 Å². The molecule has 0 aliphatic heterocycles. The second kappa shape index (κ2) is 9.98. The molecule has 2 heterocycles. The predicted molar refractivity (Wildman–Crippen MR) is 121 cm³/mol. The SMILES string of the molecule is CC(C)C(C(=O)OCc1nc(N)nc(Nc2ccc(F)cc2)n1)n1nnc(-c2ccccc2)n1. The molecule has 3 N–H and O–H groups in total. The fraction of sp³-hybridized carbons (Fsp3) is 0.227. The zero-order valence-corrected chi connectivity index (χ0v) is 18.5. The van der Waals surface area contributed by atoms with Gasteiger partial charge in [0.1, 0.15) is 5.82 Å². The average Bonchev–Trinajstić information content (AvgIpc) is 3.29. The van der Waals surface area contributed by atoms with Crippen LogP contribution >= 0.6 is 0 Å². The number of esters is 1. The van der Waals surface area contributed by atoms with E-state index in [1.165, 1.54) is 29.1 Å². The summed E-state index contributed by atoms with van der Waals surface area (Å²) in [6.45, 7) is 3.46. The Morgan fingerprint density at radius 2 is 1.82 bits per heavy atom. The van der Waals surface area contributed by atoms with E-state index >= 15 is 0 Å². The minimum atomic E-state index is -0.805. The van der Waals surface area contributed by atoms with Crippen LogP contribution in [0.2, 0.25) is 0 Å². The van der Waals surface area contributed by atoms with Gasteiger partial charge in [0.05, 0.1) is 0 Å². The lowest BCUT2D eigenvalue weighted by molar-refractivity contribution is -0.151. The molecule has 1 atom stereocenters. The molecule has 11 nitrogen and oxygen atoms in total. The molecule has 174 valence electrons. The minimum absolute atomic E-state index is 0.0588. The Morgan fingerprint density at radius 1 is 1.09 bits per heavy atom. The second-order valence-corrected chi connectivity index (χ2v) is 7.66. The summed E-state index contributed by atoms with van der Waals surface area (Å²) < 4.78 is 18.6. The van der Waals surface area contributed by atoms with E-state index in [1.54, 1.807) is 0 Å². The third kappa shape index (κ3) is 5.46. The lowest BCUT2D eigenvalue weighted by Crippen LogP contribution is -2.28. The van der Waals surface area contributed by atoms with Crippen molar-refractivity contribution >= 4 is 23.6 Å². The van der Waals surface area contributed by atoms with Gasteiger partial charge in [0, 0.05) is 11.3 Å². The minimum Gasteiger partial charge on any atom is -0.456 e. The van der Waals surface area contributed by atoms with Gasteiger partial charge >= 0.3 is 5.97 Å². The number of nitrogens with two attached hydrogens (primary N) is 1. The van der Waals surface area contributed by atoms with Gasteiger partial charge in [-0.05, 0) is 35.4 Å². The van der Waals surface area contributed by atoms with Crippen LogP contribution in [0.25, 0.3) is 11.4 Å². The van der Waals surface area contributed by atoms with E-state index in [2.05, 4.69) is 35.7 Å². The number of carbonyl (C=O) groups excluding carboxylic acids is 1. The zero-order valence-electron chi connectivity index (χ0n) is 18.5. The summed E-state index contributed by atoms with van der Waals surface area (Å²) in [6, 6.07) is 14.2. The van der Waals surface area contributed by atoms with E-state index in [1.807, 2.05) is 44.2 Å². The summed E-state index contributed by atoms with van der Waals surface area (Å²) in [5.41, 5.74) is 7.11. The summed E-state index contributed by atoms with van der Waals surface area (Å²) in [6.07, 6.45) is 0. The largest absolute Gasteiger partial charge is 0.456 e. The van der Waals surface area contributed by atoms with E-state index in [0.717, 1.165) is 5.56 Å². The standard InChI is InChI=1S/C22H22FN9O2/c1-13(2)18(32-30-19(29-31-32)14-6-4-3-5-7-14)20(33)34-12-17-26-21(24)28-22(27-17)25-16-10-8-15(23)9-11-16/h3-11,13,18H,12H2,1-2H3,(H3,24,25,26,27,28). The number of aromatic nitrogens is 7. The molecule has 0 saturated heterocycles. The number of benzene rings is 2. The summed E-state index contributed by atoms with van der Waals surface area (Å²) >= 11 is 0. The number of anilines is 3. The molecule has 1 unspecified atom stereocenters. The lowest BCUT2D eigenvalue weighted by atomic mass is 10.1. The third-order valence-electron chi connectivity index (χ3n) is 4.72. The van der Waals surface area contributed by atoms with Crippen LogP contribution < -0.4 is 11.1 Å². The maximum atomic E-state index is 13.1. The number of nitrogens with one attached hydrogen (secondary N) is 1. The Balaban J connectivity index is 1.46. The molecular formula is C22H22FN9O2. The van der Waals surface area contributed by atoms with Crippen LogP contribution in [-0.2, 0) is 16.1 Å². The molecular weight excluding hydrogens is 441 g/mol. The molecule has 0 radical (unpaired) electrons. The second-order valence-electron chi connectivity index (χ2n) is 7.66. The van der Waals surface area contributed by atoms with Crippen LogP contribution in [0, 0.1) is 11.7 Å². The van der Waals surface area contributed by atoms with E-state index in [-0.39, 0.29) is 36.1 Å². The van der Waals surface area contributed by atoms with Gasteiger partial charge in [-0.15, -0.1) is 15.0 Å². The van der Waals surface area contributed by atoms with Crippen molar-refractivity contribution in [1.82, 2.24) is 35.2 Å². The van der Waals surface area contributed by atoms with Crippen LogP contribution in [0.1, 0.15) is 25.7 Å². The molecule has 0 saturated carbocycles. The normalized spacial score (nSPS) is 11.9. The van der Waals surface area contributed by atoms with Crippen molar-refractivity contribution in [3.63, 3.8) is 0 Å². The molecule has 2 aromatic carbocycles. The number of carbonyl (C=O) groups is 1. The molecule has 0 bridgehead atoms. The Hall–Kier alpha value is -4.48. The molecule has 34 heavy (non-hydrogen) atoms. The molecule has 0 aliphatic carbocycles. The van der Waals surface area contributed by atoms with Gasteiger partial charge < -0.3 is 15.8 Å². The van der Waals surface area contributed by atoms with Crippen molar-refractivity contribution in [1.29, 1.82) is 0 Å². The highest BCUT2D eigenvalue weighted by molar-refractivity contribution is 5.74. The molecule has 12 heteroatoms. The van der Waals surface area contributed by atoms with Gasteiger partial charge in [-0.3, -0.25) is 0 Å². The maximum Gasteiger partial charge on any atom is 0.333 e. The van der Waals surface area contributed by atoms with Crippen molar-refractivity contribution in [2.45, 2.75) is 26.5 Å². The molecule has 4 aromatic rings. The number of rotatable bonds is 8.